The average Bonchev–Trinajstić information content (AvgIpc) is 2.75. The fraction of sp³-hybridized carbons (Fsp3) is 0.643. The highest BCUT2D eigenvalue weighted by Crippen LogP contribution is 2.44. The number of hydrogen-bond donors (Lipinski definition) is 1. The number of carbonyl (C=O) groups excluding carboxylic acids is 1. The van der Waals surface area contributed by atoms with Crippen LogP contribution in [-0.2, 0) is 10.3 Å². The molecule has 1 amide bonds. The number of hydrogen-bond acceptors (Lipinski definition) is 4. The number of aromatic nitrogens is 2. The topological polar surface area (TPSA) is 58.1 Å². The Hall–Kier alpha value is -1.49. The van der Waals surface area contributed by atoms with Crippen molar-refractivity contribution in [1.82, 2.24) is 20.2 Å². The summed E-state index contributed by atoms with van der Waals surface area (Å²) in [4.78, 5) is 22.8. The predicted molar refractivity (Wildman–Crippen MR) is 71.3 cm³/mol. The third kappa shape index (κ3) is 2.12. The predicted octanol–water partition coefficient (Wildman–Crippen LogP) is 0.922. The zero-order valence-corrected chi connectivity index (χ0v) is 11.5. The smallest absolute Gasteiger partial charge is 0.225 e. The molecule has 0 aliphatic carbocycles. The first-order chi connectivity index (χ1) is 9.11. The molecule has 3 atom stereocenters. The quantitative estimate of drug-likeness (QED) is 0.859. The number of carbonyl (C=O) groups is 1. The van der Waals surface area contributed by atoms with Crippen LogP contribution in [0.2, 0.25) is 0 Å². The van der Waals surface area contributed by atoms with E-state index in [0.29, 0.717) is 6.04 Å². The number of nitrogens with zero attached hydrogens (tertiary/aromatic N) is 3. The van der Waals surface area contributed by atoms with Crippen molar-refractivity contribution in [2.45, 2.75) is 37.3 Å². The first kappa shape index (κ1) is 12.5. The molecular formula is C14H20N4O. The molecule has 5 nitrogen and oxygen atoms in total. The molecule has 0 saturated carbocycles. The Morgan fingerprint density at radius 2 is 2.16 bits per heavy atom. The van der Waals surface area contributed by atoms with Gasteiger partial charge in [-0.1, -0.05) is 0 Å². The summed E-state index contributed by atoms with van der Waals surface area (Å²) < 4.78 is 0. The highest BCUT2D eigenvalue weighted by molar-refractivity contribution is 5.78. The van der Waals surface area contributed by atoms with Crippen molar-refractivity contribution < 1.29 is 4.79 Å². The van der Waals surface area contributed by atoms with Gasteiger partial charge in [0.15, 0.2) is 0 Å². The van der Waals surface area contributed by atoms with Gasteiger partial charge in [-0.25, -0.2) is 9.97 Å². The Balaban J connectivity index is 1.89. The van der Waals surface area contributed by atoms with E-state index in [1.165, 1.54) is 0 Å². The molecule has 0 radical (unpaired) electrons. The van der Waals surface area contributed by atoms with Gasteiger partial charge in [-0.3, -0.25) is 4.79 Å². The van der Waals surface area contributed by atoms with Crippen LogP contribution in [0.1, 0.15) is 31.5 Å². The van der Waals surface area contributed by atoms with Crippen LogP contribution in [0, 0.1) is 5.92 Å². The Morgan fingerprint density at radius 1 is 1.42 bits per heavy atom. The van der Waals surface area contributed by atoms with Gasteiger partial charge in [-0.15, -0.1) is 0 Å². The van der Waals surface area contributed by atoms with Gasteiger partial charge in [0.2, 0.25) is 5.91 Å². The van der Waals surface area contributed by atoms with E-state index < -0.39 is 0 Å². The van der Waals surface area contributed by atoms with Gasteiger partial charge in [-0.05, 0) is 31.7 Å². The molecule has 3 rings (SSSR count). The largest absolute Gasteiger partial charge is 0.349 e. The maximum absolute atomic E-state index is 12.2. The fourth-order valence-electron chi connectivity index (χ4n) is 3.51. The standard InChI is InChI=1S/C14H20N4O/c1-18(2)12(19)10-8-11-4-5-14(9-10,17-11)13-15-6-3-7-16-13/h3,6-7,10-11,17H,4-5,8-9H2,1-2H3. The van der Waals surface area contributed by atoms with Crippen molar-refractivity contribution in [2.75, 3.05) is 14.1 Å². The van der Waals surface area contributed by atoms with Gasteiger partial charge in [0.1, 0.15) is 5.82 Å². The van der Waals surface area contributed by atoms with E-state index in [9.17, 15) is 4.79 Å². The maximum Gasteiger partial charge on any atom is 0.225 e. The van der Waals surface area contributed by atoms with E-state index in [1.54, 1.807) is 17.3 Å². The molecular weight excluding hydrogens is 240 g/mol. The summed E-state index contributed by atoms with van der Waals surface area (Å²) in [6.07, 6.45) is 7.44. The van der Waals surface area contributed by atoms with Crippen LogP contribution in [0.25, 0.3) is 0 Å². The lowest BCUT2D eigenvalue weighted by atomic mass is 9.82. The zero-order valence-electron chi connectivity index (χ0n) is 11.5. The van der Waals surface area contributed by atoms with Crippen molar-refractivity contribution in [3.63, 3.8) is 0 Å². The van der Waals surface area contributed by atoms with Gasteiger partial charge in [0.05, 0.1) is 5.54 Å². The molecule has 5 heteroatoms. The first-order valence-corrected chi connectivity index (χ1v) is 6.87. The number of piperidine rings is 1. The molecule has 2 aliphatic rings. The van der Waals surface area contributed by atoms with E-state index in [2.05, 4.69) is 15.3 Å². The Kier molecular flexibility index (Phi) is 3.01. The van der Waals surface area contributed by atoms with Crippen LogP contribution in [0.15, 0.2) is 18.5 Å². The van der Waals surface area contributed by atoms with Crippen LogP contribution < -0.4 is 5.32 Å². The van der Waals surface area contributed by atoms with Gasteiger partial charge in [0.25, 0.3) is 0 Å². The average molecular weight is 260 g/mol. The minimum Gasteiger partial charge on any atom is -0.349 e. The highest BCUT2D eigenvalue weighted by Gasteiger charge is 2.49. The molecule has 1 N–H and O–H groups in total. The lowest BCUT2D eigenvalue weighted by Gasteiger charge is -2.38. The molecule has 2 fully saturated rings. The molecule has 0 spiro atoms. The Morgan fingerprint density at radius 3 is 2.84 bits per heavy atom. The van der Waals surface area contributed by atoms with E-state index in [1.807, 2.05) is 20.2 Å². The second-order valence-electron chi connectivity index (χ2n) is 5.90. The van der Waals surface area contributed by atoms with Crippen LogP contribution >= 0.6 is 0 Å². The van der Waals surface area contributed by atoms with Crippen LogP contribution in [0.5, 0.6) is 0 Å². The molecule has 1 aromatic rings. The summed E-state index contributed by atoms with van der Waals surface area (Å²) in [7, 11) is 3.66. The van der Waals surface area contributed by atoms with Gasteiger partial charge in [0, 0.05) is 38.4 Å². The maximum atomic E-state index is 12.2. The normalized spacial score (nSPS) is 33.2. The third-order valence-electron chi connectivity index (χ3n) is 4.35. The summed E-state index contributed by atoms with van der Waals surface area (Å²) >= 11 is 0. The molecule has 102 valence electrons. The second-order valence-corrected chi connectivity index (χ2v) is 5.90. The summed E-state index contributed by atoms with van der Waals surface area (Å²) in [5, 5.41) is 3.65. The van der Waals surface area contributed by atoms with Gasteiger partial charge in [-0.2, -0.15) is 0 Å². The lowest BCUT2D eigenvalue weighted by Crippen LogP contribution is -2.51. The zero-order chi connectivity index (χ0) is 13.5. The van der Waals surface area contributed by atoms with E-state index in [-0.39, 0.29) is 17.4 Å². The lowest BCUT2D eigenvalue weighted by molar-refractivity contribution is -0.134. The molecule has 2 aliphatic heterocycles. The summed E-state index contributed by atoms with van der Waals surface area (Å²) in [6.45, 7) is 0. The SMILES string of the molecule is CN(C)C(=O)C1CC2CCC(c3ncccn3)(C1)N2. The molecule has 2 bridgehead atoms. The Labute approximate surface area is 113 Å². The molecule has 3 heterocycles. The molecule has 19 heavy (non-hydrogen) atoms. The van der Waals surface area contributed by atoms with Crippen LogP contribution in [0.4, 0.5) is 0 Å². The van der Waals surface area contributed by atoms with Crippen molar-refractivity contribution in [1.29, 1.82) is 0 Å². The minimum absolute atomic E-state index is 0.0903. The number of fused-ring (bicyclic) bond motifs is 2. The van der Waals surface area contributed by atoms with E-state index in [4.69, 9.17) is 0 Å². The number of amides is 1. The van der Waals surface area contributed by atoms with Crippen LogP contribution in [0.3, 0.4) is 0 Å². The van der Waals surface area contributed by atoms with Crippen molar-refractivity contribution in [3.8, 4) is 0 Å². The van der Waals surface area contributed by atoms with Crippen molar-refractivity contribution in [2.24, 2.45) is 5.92 Å². The highest BCUT2D eigenvalue weighted by atomic mass is 16.2. The van der Waals surface area contributed by atoms with E-state index in [0.717, 1.165) is 31.5 Å². The first-order valence-electron chi connectivity index (χ1n) is 6.87. The monoisotopic (exact) mass is 260 g/mol. The number of nitrogens with one attached hydrogen (secondary N) is 1. The van der Waals surface area contributed by atoms with Crippen LogP contribution in [-0.4, -0.2) is 40.9 Å². The molecule has 3 unspecified atom stereocenters. The molecule has 2 saturated heterocycles. The van der Waals surface area contributed by atoms with Gasteiger partial charge >= 0.3 is 0 Å². The number of rotatable bonds is 2. The van der Waals surface area contributed by atoms with E-state index >= 15 is 0 Å². The van der Waals surface area contributed by atoms with Gasteiger partial charge < -0.3 is 10.2 Å². The minimum atomic E-state index is -0.194. The second kappa shape index (κ2) is 4.56. The van der Waals surface area contributed by atoms with Crippen molar-refractivity contribution in [3.05, 3.63) is 24.3 Å². The van der Waals surface area contributed by atoms with Crippen molar-refractivity contribution >= 4 is 5.91 Å². The summed E-state index contributed by atoms with van der Waals surface area (Å²) in [6, 6.07) is 2.25. The fourth-order valence-corrected chi connectivity index (χ4v) is 3.51. The molecule has 1 aromatic heterocycles. The summed E-state index contributed by atoms with van der Waals surface area (Å²) in [5.41, 5.74) is -0.194. The third-order valence-corrected chi connectivity index (χ3v) is 4.35. The molecule has 0 aromatic carbocycles. The Bertz CT molecular complexity index is 476. The summed E-state index contributed by atoms with van der Waals surface area (Å²) in [5.74, 6) is 1.16.